The van der Waals surface area contributed by atoms with Crippen LogP contribution in [0.2, 0.25) is 0 Å². The molecule has 8 heteroatoms. The molecule has 3 aromatic rings. The van der Waals surface area contributed by atoms with E-state index in [0.717, 1.165) is 20.3 Å². The highest BCUT2D eigenvalue weighted by atomic mass is 32.2. The number of nitrogens with zero attached hydrogens (tertiary/aromatic N) is 1. The number of hydrogen-bond acceptors (Lipinski definition) is 5. The van der Waals surface area contributed by atoms with Gasteiger partial charge in [0, 0.05) is 17.2 Å². The number of rotatable bonds is 10. The third kappa shape index (κ3) is 6.55. The van der Waals surface area contributed by atoms with Gasteiger partial charge in [0.2, 0.25) is 5.91 Å². The number of carbonyl (C=O) groups is 1. The van der Waals surface area contributed by atoms with Crippen molar-refractivity contribution >= 4 is 33.4 Å². The summed E-state index contributed by atoms with van der Waals surface area (Å²) in [6.07, 6.45) is 0. The fraction of sp³-hybridized carbons (Fsp3) is 0.269. The highest BCUT2D eigenvalue weighted by Gasteiger charge is 2.29. The zero-order valence-electron chi connectivity index (χ0n) is 19.9. The van der Waals surface area contributed by atoms with Gasteiger partial charge >= 0.3 is 0 Å². The van der Waals surface area contributed by atoms with Crippen molar-refractivity contribution in [2.24, 2.45) is 0 Å². The van der Waals surface area contributed by atoms with Gasteiger partial charge in [-0.3, -0.25) is 9.10 Å². The molecular weight excluding hydrogens is 468 g/mol. The van der Waals surface area contributed by atoms with Gasteiger partial charge in [0.1, 0.15) is 12.3 Å². The van der Waals surface area contributed by atoms with Crippen molar-refractivity contribution in [2.45, 2.75) is 30.6 Å². The van der Waals surface area contributed by atoms with E-state index in [0.29, 0.717) is 23.7 Å². The molecule has 1 amide bonds. The number of anilines is 1. The minimum Gasteiger partial charge on any atom is -0.495 e. The van der Waals surface area contributed by atoms with Crippen LogP contribution in [0.15, 0.2) is 76.5 Å². The minimum atomic E-state index is -4.01. The molecule has 0 atom stereocenters. The lowest BCUT2D eigenvalue weighted by molar-refractivity contribution is -0.119. The number of aryl methyl sites for hydroxylation is 3. The molecule has 3 rings (SSSR count). The number of nitrogens with one attached hydrogen (secondary N) is 1. The quantitative estimate of drug-likeness (QED) is 0.323. The highest BCUT2D eigenvalue weighted by Crippen LogP contribution is 2.33. The number of thioether (sulfide) groups is 1. The van der Waals surface area contributed by atoms with E-state index in [1.807, 2.05) is 51.1 Å². The molecule has 34 heavy (non-hydrogen) atoms. The Hall–Kier alpha value is -2.97. The third-order valence-corrected chi connectivity index (χ3v) is 8.00. The molecule has 0 fully saturated rings. The topological polar surface area (TPSA) is 75.7 Å². The first-order valence-corrected chi connectivity index (χ1v) is 13.3. The summed E-state index contributed by atoms with van der Waals surface area (Å²) in [5, 5.41) is 2.84. The lowest BCUT2D eigenvalue weighted by Gasteiger charge is -2.26. The molecule has 0 saturated carbocycles. The average Bonchev–Trinajstić information content (AvgIpc) is 2.81. The first kappa shape index (κ1) is 25.6. The molecule has 0 aliphatic carbocycles. The molecule has 0 bridgehead atoms. The number of carbonyl (C=O) groups excluding carboxylic acids is 1. The van der Waals surface area contributed by atoms with Gasteiger partial charge in [-0.05, 0) is 62.7 Å². The van der Waals surface area contributed by atoms with Crippen molar-refractivity contribution < 1.29 is 17.9 Å². The lowest BCUT2D eigenvalue weighted by atomic mass is 10.2. The van der Waals surface area contributed by atoms with Crippen LogP contribution in [0.4, 0.5) is 5.69 Å². The van der Waals surface area contributed by atoms with E-state index in [4.69, 9.17) is 4.74 Å². The summed E-state index contributed by atoms with van der Waals surface area (Å²) < 4.78 is 33.7. The van der Waals surface area contributed by atoms with Crippen molar-refractivity contribution in [3.05, 3.63) is 83.4 Å². The Kier molecular flexibility index (Phi) is 8.63. The van der Waals surface area contributed by atoms with E-state index in [1.54, 1.807) is 48.2 Å². The first-order chi connectivity index (χ1) is 16.2. The molecule has 0 radical (unpaired) electrons. The van der Waals surface area contributed by atoms with Gasteiger partial charge in [0.25, 0.3) is 10.0 Å². The second-order valence-corrected chi connectivity index (χ2v) is 11.0. The number of benzene rings is 3. The molecule has 6 nitrogen and oxygen atoms in total. The van der Waals surface area contributed by atoms with Crippen LogP contribution < -0.4 is 14.4 Å². The SMILES string of the molecule is COc1ccc(C)cc1N(CC(=O)NCCSc1ccc(C)cc1)S(=O)(=O)c1ccc(C)cc1. The average molecular weight is 499 g/mol. The first-order valence-electron chi connectivity index (χ1n) is 10.9. The van der Waals surface area contributed by atoms with Crippen LogP contribution in [0.3, 0.4) is 0 Å². The van der Waals surface area contributed by atoms with Crippen LogP contribution in [0, 0.1) is 20.8 Å². The predicted octanol–water partition coefficient (Wildman–Crippen LogP) is 4.72. The number of hydrogen-bond donors (Lipinski definition) is 1. The predicted molar refractivity (Wildman–Crippen MR) is 138 cm³/mol. The van der Waals surface area contributed by atoms with Crippen LogP contribution >= 0.6 is 11.8 Å². The Morgan fingerprint density at radius 2 is 1.50 bits per heavy atom. The molecule has 0 spiro atoms. The fourth-order valence-electron chi connectivity index (χ4n) is 3.31. The second-order valence-electron chi connectivity index (χ2n) is 8.01. The summed E-state index contributed by atoms with van der Waals surface area (Å²) in [5.74, 6) is 0.667. The van der Waals surface area contributed by atoms with E-state index in [2.05, 4.69) is 5.32 Å². The molecule has 0 aliphatic heterocycles. The summed E-state index contributed by atoms with van der Waals surface area (Å²) in [4.78, 5) is 14.1. The highest BCUT2D eigenvalue weighted by molar-refractivity contribution is 7.99. The minimum absolute atomic E-state index is 0.115. The number of amides is 1. The molecule has 0 heterocycles. The summed E-state index contributed by atoms with van der Waals surface area (Å²) in [7, 11) is -2.53. The number of ether oxygens (including phenoxy) is 1. The normalized spacial score (nSPS) is 11.2. The molecule has 0 unspecified atom stereocenters. The largest absolute Gasteiger partial charge is 0.495 e. The van der Waals surface area contributed by atoms with Crippen LogP contribution in [0.5, 0.6) is 5.75 Å². The fourth-order valence-corrected chi connectivity index (χ4v) is 5.50. The van der Waals surface area contributed by atoms with Gasteiger partial charge in [-0.15, -0.1) is 11.8 Å². The van der Waals surface area contributed by atoms with Crippen LogP contribution in [0.1, 0.15) is 16.7 Å². The Bertz CT molecular complexity index is 1220. The van der Waals surface area contributed by atoms with Gasteiger partial charge in [0.15, 0.2) is 0 Å². The lowest BCUT2D eigenvalue weighted by Crippen LogP contribution is -2.41. The summed E-state index contributed by atoms with van der Waals surface area (Å²) in [5.41, 5.74) is 3.32. The smallest absolute Gasteiger partial charge is 0.264 e. The van der Waals surface area contributed by atoms with E-state index in [1.165, 1.54) is 12.7 Å². The summed E-state index contributed by atoms with van der Waals surface area (Å²) in [6.45, 7) is 5.85. The van der Waals surface area contributed by atoms with Crippen molar-refractivity contribution in [2.75, 3.05) is 30.3 Å². The van der Waals surface area contributed by atoms with Crippen molar-refractivity contribution in [1.29, 1.82) is 0 Å². The van der Waals surface area contributed by atoms with Gasteiger partial charge in [-0.2, -0.15) is 0 Å². The van der Waals surface area contributed by atoms with Crippen LogP contribution in [-0.2, 0) is 14.8 Å². The molecule has 3 aromatic carbocycles. The monoisotopic (exact) mass is 498 g/mol. The van der Waals surface area contributed by atoms with Gasteiger partial charge in [-0.1, -0.05) is 41.5 Å². The maximum atomic E-state index is 13.6. The molecule has 0 aliphatic rings. The van der Waals surface area contributed by atoms with E-state index < -0.39 is 10.0 Å². The maximum absolute atomic E-state index is 13.6. The molecule has 180 valence electrons. The van der Waals surface area contributed by atoms with E-state index in [-0.39, 0.29) is 17.3 Å². The van der Waals surface area contributed by atoms with Gasteiger partial charge in [-0.25, -0.2) is 8.42 Å². The van der Waals surface area contributed by atoms with Crippen LogP contribution in [0.25, 0.3) is 0 Å². The van der Waals surface area contributed by atoms with Crippen molar-refractivity contribution in [3.8, 4) is 5.75 Å². The van der Waals surface area contributed by atoms with Crippen LogP contribution in [-0.4, -0.2) is 40.3 Å². The molecule has 0 aromatic heterocycles. The molecule has 0 saturated heterocycles. The maximum Gasteiger partial charge on any atom is 0.264 e. The Morgan fingerprint density at radius 1 is 0.912 bits per heavy atom. The molecule has 1 N–H and O–H groups in total. The second kappa shape index (κ2) is 11.4. The Balaban J connectivity index is 1.78. The Morgan fingerprint density at radius 3 is 2.12 bits per heavy atom. The standard InChI is InChI=1S/C26H30N2O4S2/c1-19-5-10-22(11-6-19)33-16-15-27-26(29)18-28(24-17-21(3)9-14-25(24)32-4)34(30,31)23-12-7-20(2)8-13-23/h5-14,17H,15-16,18H2,1-4H3,(H,27,29). The summed E-state index contributed by atoms with van der Waals surface area (Å²) >= 11 is 1.63. The number of sulfonamides is 1. The zero-order valence-corrected chi connectivity index (χ0v) is 21.5. The van der Waals surface area contributed by atoms with Gasteiger partial charge < -0.3 is 10.1 Å². The van der Waals surface area contributed by atoms with Gasteiger partial charge in [0.05, 0.1) is 17.7 Å². The number of methoxy groups -OCH3 is 1. The third-order valence-electron chi connectivity index (χ3n) is 5.21. The van der Waals surface area contributed by atoms with Crippen molar-refractivity contribution in [3.63, 3.8) is 0 Å². The molecular formula is C26H30N2O4S2. The van der Waals surface area contributed by atoms with Crippen molar-refractivity contribution in [1.82, 2.24) is 5.32 Å². The zero-order chi connectivity index (χ0) is 24.7. The van der Waals surface area contributed by atoms with E-state index in [9.17, 15) is 13.2 Å². The Labute approximate surface area is 206 Å². The summed E-state index contributed by atoms with van der Waals surface area (Å²) in [6, 6.07) is 20.0. The van der Waals surface area contributed by atoms with E-state index >= 15 is 0 Å².